The van der Waals surface area contributed by atoms with Crippen LogP contribution in [-0.4, -0.2) is 120 Å². The minimum atomic E-state index is -1.34. The van der Waals surface area contributed by atoms with Gasteiger partial charge in [-0.15, -0.1) is 22.6 Å². The molecule has 2 atom stereocenters. The second-order valence-corrected chi connectivity index (χ2v) is 15.2. The van der Waals surface area contributed by atoms with Crippen molar-refractivity contribution in [1.82, 2.24) is 56.4 Å². The van der Waals surface area contributed by atoms with Gasteiger partial charge in [-0.25, -0.2) is 19.0 Å². The first kappa shape index (κ1) is 53.3. The Morgan fingerprint density at radius 2 is 1.30 bits per heavy atom. The van der Waals surface area contributed by atoms with Crippen molar-refractivity contribution < 1.29 is 48.0 Å². The molecule has 0 radical (unpaired) electrons. The van der Waals surface area contributed by atoms with E-state index >= 15 is 0 Å². The zero-order valence-corrected chi connectivity index (χ0v) is 37.4. The molecule has 6 N–H and O–H groups in total. The topological polar surface area (TPSA) is 284 Å². The maximum absolute atomic E-state index is 13.3. The number of nitrogens with zero attached hydrogens (tertiary/aromatic N) is 8. The van der Waals surface area contributed by atoms with Gasteiger partial charge in [-0.3, -0.25) is 9.59 Å². The summed E-state index contributed by atoms with van der Waals surface area (Å²) in [6.45, 7) is 11.8. The molecule has 0 saturated heterocycles. The number of hydrogen-bond acceptors (Lipinski definition) is 17. The third-order valence-corrected chi connectivity index (χ3v) is 8.25. The molecule has 22 nitrogen and oxygen atoms in total. The van der Waals surface area contributed by atoms with Crippen LogP contribution in [0.3, 0.4) is 0 Å². The van der Waals surface area contributed by atoms with Gasteiger partial charge in [0.1, 0.15) is 30.4 Å². The Morgan fingerprint density at radius 1 is 0.762 bits per heavy atom. The predicted octanol–water partition coefficient (Wildman–Crippen LogP) is 2.72. The number of carbonyl (C=O) groups is 4. The molecule has 4 aromatic rings. The van der Waals surface area contributed by atoms with Crippen molar-refractivity contribution in [3.8, 4) is 0 Å². The van der Waals surface area contributed by atoms with Crippen molar-refractivity contribution in [1.29, 1.82) is 0 Å². The third kappa shape index (κ3) is 21.2. The van der Waals surface area contributed by atoms with E-state index in [1.807, 2.05) is 60.7 Å². The van der Waals surface area contributed by atoms with Crippen molar-refractivity contribution >= 4 is 36.5 Å². The molecule has 0 fully saturated rings. The van der Waals surface area contributed by atoms with E-state index in [1.54, 1.807) is 34.6 Å². The van der Waals surface area contributed by atoms with Crippen LogP contribution in [0.25, 0.3) is 0 Å². The maximum Gasteiger partial charge on any atom is 0.408 e. The molecule has 1 unspecified atom stereocenters. The molecule has 0 aliphatic rings. The Balaban J connectivity index is 0.000000500. The molecule has 3 amide bonds. The number of amides is 3. The van der Waals surface area contributed by atoms with Gasteiger partial charge in [0, 0.05) is 20.1 Å². The molecule has 2 aromatic heterocycles. The number of aliphatic hydroxyl groups excluding tert-OH is 1. The van der Waals surface area contributed by atoms with Crippen LogP contribution in [0.15, 0.2) is 60.7 Å². The van der Waals surface area contributed by atoms with Crippen LogP contribution in [0.4, 0.5) is 9.59 Å². The van der Waals surface area contributed by atoms with Gasteiger partial charge in [0.15, 0.2) is 11.6 Å². The molecule has 0 aliphatic carbocycles. The van der Waals surface area contributed by atoms with Crippen LogP contribution in [0, 0.1) is 0 Å². The van der Waals surface area contributed by atoms with Crippen LogP contribution < -0.4 is 21.7 Å². The van der Waals surface area contributed by atoms with E-state index in [1.165, 1.54) is 16.3 Å². The molecule has 0 aliphatic heterocycles. The highest BCUT2D eigenvalue weighted by Gasteiger charge is 2.34. The lowest BCUT2D eigenvalue weighted by Gasteiger charge is -2.29. The number of nitrogens with one attached hydrogen (secondary N) is 3. The number of halogens is 1. The first-order valence-electron chi connectivity index (χ1n) is 20.1. The van der Waals surface area contributed by atoms with E-state index in [0.29, 0.717) is 45.0 Å². The summed E-state index contributed by atoms with van der Waals surface area (Å²) in [7, 11) is 0. The summed E-state index contributed by atoms with van der Waals surface area (Å²) in [4.78, 5) is 48.2. The fourth-order valence-corrected chi connectivity index (χ4v) is 5.19. The van der Waals surface area contributed by atoms with E-state index in [-0.39, 0.29) is 63.8 Å². The Hall–Kier alpha value is -5.81. The molecule has 348 valence electrons. The molecule has 63 heavy (non-hydrogen) atoms. The van der Waals surface area contributed by atoms with Gasteiger partial charge < -0.3 is 50.5 Å². The molecule has 2 aromatic carbocycles. The SMILES string of the molecule is CC(=O)OCCn1nnnc1C(N)COCc1ccccc1.CC(C)(C)OC(=O)NC(C)(C)C(=O)N[C@H](COCc1ccccc1)c1nnnn1CCOC(=O)NCCCCO.Cl. The number of aromatic nitrogens is 8. The number of tetrazole rings is 2. The zero-order valence-electron chi connectivity index (χ0n) is 36.6. The molecule has 0 saturated carbocycles. The molecule has 4 rings (SSSR count). The molecule has 23 heteroatoms. The van der Waals surface area contributed by atoms with E-state index in [0.717, 1.165) is 11.1 Å². The van der Waals surface area contributed by atoms with Gasteiger partial charge in [-0.2, -0.15) is 0 Å². The van der Waals surface area contributed by atoms with Gasteiger partial charge in [-0.05, 0) is 79.4 Å². The van der Waals surface area contributed by atoms with Crippen LogP contribution in [0.1, 0.15) is 89.2 Å². The summed E-state index contributed by atoms with van der Waals surface area (Å²) in [5, 5.41) is 39.9. The maximum atomic E-state index is 13.3. The average molecular weight is 905 g/mol. The summed E-state index contributed by atoms with van der Waals surface area (Å²) >= 11 is 0. The van der Waals surface area contributed by atoms with Gasteiger partial charge >= 0.3 is 18.2 Å². The largest absolute Gasteiger partial charge is 0.464 e. The summed E-state index contributed by atoms with van der Waals surface area (Å²) < 4.78 is 29.7. The number of esters is 1. The number of hydrogen-bond donors (Lipinski definition) is 5. The first-order valence-corrected chi connectivity index (χ1v) is 20.1. The van der Waals surface area contributed by atoms with Crippen LogP contribution in [-0.2, 0) is 59.6 Å². The van der Waals surface area contributed by atoms with Crippen molar-refractivity contribution in [2.45, 2.75) is 104 Å². The highest BCUT2D eigenvalue weighted by atomic mass is 35.5. The number of nitrogens with two attached hydrogens (primary N) is 1. The second-order valence-electron chi connectivity index (χ2n) is 15.2. The van der Waals surface area contributed by atoms with Crippen molar-refractivity contribution in [3.05, 3.63) is 83.4 Å². The fourth-order valence-electron chi connectivity index (χ4n) is 5.19. The highest BCUT2D eigenvalue weighted by Crippen LogP contribution is 2.16. The highest BCUT2D eigenvalue weighted by molar-refractivity contribution is 5.89. The van der Waals surface area contributed by atoms with Crippen LogP contribution in [0.2, 0.25) is 0 Å². The number of rotatable bonds is 23. The van der Waals surface area contributed by atoms with Crippen molar-refractivity contribution in [2.24, 2.45) is 5.73 Å². The van der Waals surface area contributed by atoms with E-state index < -0.39 is 41.3 Å². The molecule has 0 bridgehead atoms. The van der Waals surface area contributed by atoms with Crippen molar-refractivity contribution in [3.63, 3.8) is 0 Å². The Bertz CT molecular complexity index is 1930. The third-order valence-electron chi connectivity index (χ3n) is 8.25. The van der Waals surface area contributed by atoms with E-state index in [9.17, 15) is 19.2 Å². The Kier molecular flexibility index (Phi) is 23.7. The summed E-state index contributed by atoms with van der Waals surface area (Å²) in [5.41, 5.74) is 5.99. The predicted molar refractivity (Wildman–Crippen MR) is 229 cm³/mol. The van der Waals surface area contributed by atoms with Gasteiger partial charge in [0.2, 0.25) is 5.91 Å². The first-order chi connectivity index (χ1) is 29.6. The minimum absolute atomic E-state index is 0. The fraction of sp³-hybridized carbons (Fsp3) is 0.550. The lowest BCUT2D eigenvalue weighted by Crippen LogP contribution is -2.56. The van der Waals surface area contributed by atoms with E-state index in [2.05, 4.69) is 47.0 Å². The second kappa shape index (κ2) is 28.0. The number of aliphatic hydroxyl groups is 1. The Morgan fingerprint density at radius 3 is 1.86 bits per heavy atom. The summed E-state index contributed by atoms with van der Waals surface area (Å²) in [5.74, 6) is -0.0773. The lowest BCUT2D eigenvalue weighted by atomic mass is 10.0. The molecule has 2 heterocycles. The smallest absolute Gasteiger partial charge is 0.408 e. The number of alkyl carbamates (subject to hydrolysis) is 2. The monoisotopic (exact) mass is 904 g/mol. The summed E-state index contributed by atoms with van der Waals surface area (Å²) in [6, 6.07) is 18.1. The number of carbonyl (C=O) groups excluding carboxylic acids is 4. The molecule has 0 spiro atoms. The zero-order chi connectivity index (χ0) is 45.4. The van der Waals surface area contributed by atoms with Crippen LogP contribution >= 0.6 is 12.4 Å². The number of benzene rings is 2. The molecular weight excluding hydrogens is 844 g/mol. The van der Waals surface area contributed by atoms with Crippen LogP contribution in [0.5, 0.6) is 0 Å². The normalized spacial score (nSPS) is 12.1. The standard InChI is InChI=1S/C26H41N7O7.C14H19N5O3.ClH/c1-25(2,3)40-24(37)29-26(4,5)22(35)28-20(18-38-17-19-11-7-6-8-12-19)21-30-31-32-33(21)14-16-39-23(36)27-13-9-10-15-34;1-11(20)22-8-7-19-14(16-17-18-19)13(15)10-21-9-12-5-3-2-4-6-12;/h6-8,11-12,20,34H,9-10,13-18H2,1-5H3,(H,27,36)(H,28,35)(H,29,37);2-6,13H,7-10,15H2,1H3;1H/t20-;;/m1../s1. The average Bonchev–Trinajstić information content (AvgIpc) is 3.89. The van der Waals surface area contributed by atoms with Gasteiger partial charge in [0.05, 0.1) is 45.6 Å². The molecular formula is C40H61ClN12O10. The van der Waals surface area contributed by atoms with E-state index in [4.69, 9.17) is 34.5 Å². The van der Waals surface area contributed by atoms with Crippen molar-refractivity contribution in [2.75, 3.05) is 39.6 Å². The Labute approximate surface area is 372 Å². The van der Waals surface area contributed by atoms with Gasteiger partial charge in [-0.1, -0.05) is 60.7 Å². The quantitative estimate of drug-likeness (QED) is 0.0406. The van der Waals surface area contributed by atoms with Gasteiger partial charge in [0.25, 0.3) is 0 Å². The number of ether oxygens (including phenoxy) is 5. The number of unbranched alkanes of at least 4 members (excludes halogenated alkanes) is 1. The lowest BCUT2D eigenvalue weighted by molar-refractivity contribution is -0.141. The summed E-state index contributed by atoms with van der Waals surface area (Å²) in [6.07, 6.45) is -0.121. The minimum Gasteiger partial charge on any atom is -0.464 e.